The van der Waals surface area contributed by atoms with E-state index in [9.17, 15) is 0 Å². The molecule has 3 heteroatoms. The SMILES string of the molecule is CCN(Cc1cccs1)CC(C)CN. The summed E-state index contributed by atoms with van der Waals surface area (Å²) >= 11 is 1.83. The number of nitrogens with zero attached hydrogens (tertiary/aromatic N) is 1. The van der Waals surface area contributed by atoms with Crippen LogP contribution in [-0.4, -0.2) is 24.5 Å². The minimum Gasteiger partial charge on any atom is -0.330 e. The fourth-order valence-electron chi connectivity index (χ4n) is 1.44. The van der Waals surface area contributed by atoms with E-state index in [2.05, 4.69) is 36.3 Å². The van der Waals surface area contributed by atoms with E-state index in [0.717, 1.165) is 26.2 Å². The summed E-state index contributed by atoms with van der Waals surface area (Å²) in [7, 11) is 0. The second-order valence-corrected chi connectivity index (χ2v) is 4.78. The molecule has 0 amide bonds. The van der Waals surface area contributed by atoms with Gasteiger partial charge in [0, 0.05) is 18.0 Å². The van der Waals surface area contributed by atoms with E-state index in [0.29, 0.717) is 5.92 Å². The first-order valence-electron chi connectivity index (χ1n) is 5.21. The van der Waals surface area contributed by atoms with Crippen molar-refractivity contribution in [3.63, 3.8) is 0 Å². The largest absolute Gasteiger partial charge is 0.330 e. The first-order valence-corrected chi connectivity index (χ1v) is 6.09. The monoisotopic (exact) mass is 212 g/mol. The van der Waals surface area contributed by atoms with Gasteiger partial charge in [0.05, 0.1) is 0 Å². The summed E-state index contributed by atoms with van der Waals surface area (Å²) in [5.41, 5.74) is 5.62. The smallest absolute Gasteiger partial charge is 0.0327 e. The predicted octanol–water partition coefficient (Wildman–Crippen LogP) is 2.16. The number of rotatable bonds is 6. The van der Waals surface area contributed by atoms with Crippen molar-refractivity contribution in [2.24, 2.45) is 11.7 Å². The van der Waals surface area contributed by atoms with Crippen LogP contribution in [0.1, 0.15) is 18.7 Å². The molecule has 2 N–H and O–H groups in total. The molecule has 2 nitrogen and oxygen atoms in total. The summed E-state index contributed by atoms with van der Waals surface area (Å²) < 4.78 is 0. The highest BCUT2D eigenvalue weighted by Gasteiger charge is 2.08. The van der Waals surface area contributed by atoms with Gasteiger partial charge >= 0.3 is 0 Å². The zero-order chi connectivity index (χ0) is 10.4. The molecule has 0 saturated carbocycles. The van der Waals surface area contributed by atoms with Crippen LogP contribution in [0.5, 0.6) is 0 Å². The van der Waals surface area contributed by atoms with E-state index < -0.39 is 0 Å². The Labute approximate surface area is 90.7 Å². The Morgan fingerprint density at radius 2 is 2.36 bits per heavy atom. The second-order valence-electron chi connectivity index (χ2n) is 3.75. The summed E-state index contributed by atoms with van der Waals surface area (Å²) in [5, 5.41) is 2.13. The first kappa shape index (κ1) is 11.7. The van der Waals surface area contributed by atoms with Crippen molar-refractivity contribution < 1.29 is 0 Å². The molecule has 0 aromatic carbocycles. The lowest BCUT2D eigenvalue weighted by Gasteiger charge is -2.22. The summed E-state index contributed by atoms with van der Waals surface area (Å²) in [5.74, 6) is 0.593. The highest BCUT2D eigenvalue weighted by molar-refractivity contribution is 7.09. The van der Waals surface area contributed by atoms with Crippen molar-refractivity contribution in [1.82, 2.24) is 4.90 Å². The normalized spacial score (nSPS) is 13.4. The summed E-state index contributed by atoms with van der Waals surface area (Å²) in [4.78, 5) is 3.89. The average molecular weight is 212 g/mol. The van der Waals surface area contributed by atoms with Crippen molar-refractivity contribution in [1.29, 1.82) is 0 Å². The van der Waals surface area contributed by atoms with Gasteiger partial charge in [0.2, 0.25) is 0 Å². The van der Waals surface area contributed by atoms with E-state index in [1.54, 1.807) is 0 Å². The maximum Gasteiger partial charge on any atom is 0.0327 e. The Kier molecular flexibility index (Phi) is 5.15. The number of thiophene rings is 1. The molecule has 0 spiro atoms. The molecule has 1 aromatic rings. The second kappa shape index (κ2) is 6.17. The van der Waals surface area contributed by atoms with Crippen LogP contribution in [-0.2, 0) is 6.54 Å². The highest BCUT2D eigenvalue weighted by Crippen LogP contribution is 2.12. The van der Waals surface area contributed by atoms with Gasteiger partial charge in [0.25, 0.3) is 0 Å². The number of nitrogens with two attached hydrogens (primary N) is 1. The minimum absolute atomic E-state index is 0.593. The van der Waals surface area contributed by atoms with E-state index in [-0.39, 0.29) is 0 Å². The molecule has 1 aromatic heterocycles. The van der Waals surface area contributed by atoms with Crippen LogP contribution < -0.4 is 5.73 Å². The van der Waals surface area contributed by atoms with Gasteiger partial charge in [-0.25, -0.2) is 0 Å². The molecule has 0 aliphatic heterocycles. The molecule has 80 valence electrons. The Morgan fingerprint density at radius 1 is 1.57 bits per heavy atom. The average Bonchev–Trinajstić information content (AvgIpc) is 2.69. The quantitative estimate of drug-likeness (QED) is 0.783. The third-order valence-corrected chi connectivity index (χ3v) is 3.24. The molecule has 1 rings (SSSR count). The van der Waals surface area contributed by atoms with E-state index in [1.165, 1.54) is 4.88 Å². The van der Waals surface area contributed by atoms with Gasteiger partial charge < -0.3 is 5.73 Å². The van der Waals surface area contributed by atoms with Crippen LogP contribution in [0.25, 0.3) is 0 Å². The molecule has 1 atom stereocenters. The van der Waals surface area contributed by atoms with Gasteiger partial charge in [-0.2, -0.15) is 0 Å². The molecule has 0 radical (unpaired) electrons. The van der Waals surface area contributed by atoms with Crippen LogP contribution >= 0.6 is 11.3 Å². The lowest BCUT2D eigenvalue weighted by molar-refractivity contribution is 0.245. The van der Waals surface area contributed by atoms with Gasteiger partial charge in [0.1, 0.15) is 0 Å². The van der Waals surface area contributed by atoms with Crippen molar-refractivity contribution in [2.75, 3.05) is 19.6 Å². The molecule has 1 unspecified atom stereocenters. The Hall–Kier alpha value is -0.380. The lowest BCUT2D eigenvalue weighted by Crippen LogP contribution is -2.30. The molecule has 1 heterocycles. The Bertz CT molecular complexity index is 233. The van der Waals surface area contributed by atoms with Crippen LogP contribution in [0.2, 0.25) is 0 Å². The molecular weight excluding hydrogens is 192 g/mol. The third kappa shape index (κ3) is 3.78. The molecular formula is C11H20N2S. The summed E-state index contributed by atoms with van der Waals surface area (Å²) in [6.45, 7) is 8.46. The van der Waals surface area contributed by atoms with Gasteiger partial charge in [-0.05, 0) is 30.5 Å². The molecule has 14 heavy (non-hydrogen) atoms. The Balaban J connectivity index is 2.39. The predicted molar refractivity (Wildman–Crippen MR) is 63.5 cm³/mol. The van der Waals surface area contributed by atoms with Crippen LogP contribution in [0, 0.1) is 5.92 Å². The van der Waals surface area contributed by atoms with E-state index in [4.69, 9.17) is 5.73 Å². The first-order chi connectivity index (χ1) is 6.76. The zero-order valence-electron chi connectivity index (χ0n) is 9.07. The van der Waals surface area contributed by atoms with Gasteiger partial charge in [-0.3, -0.25) is 4.90 Å². The van der Waals surface area contributed by atoms with Gasteiger partial charge in [-0.1, -0.05) is 19.9 Å². The van der Waals surface area contributed by atoms with E-state index >= 15 is 0 Å². The topological polar surface area (TPSA) is 29.3 Å². The van der Waals surface area contributed by atoms with Crippen molar-refractivity contribution in [3.05, 3.63) is 22.4 Å². The summed E-state index contributed by atoms with van der Waals surface area (Å²) in [6.07, 6.45) is 0. The number of hydrogen-bond donors (Lipinski definition) is 1. The number of hydrogen-bond acceptors (Lipinski definition) is 3. The molecule has 0 fully saturated rings. The van der Waals surface area contributed by atoms with Crippen molar-refractivity contribution in [3.8, 4) is 0 Å². The fourth-order valence-corrected chi connectivity index (χ4v) is 2.19. The fraction of sp³-hybridized carbons (Fsp3) is 0.636. The minimum atomic E-state index is 0.593. The van der Waals surface area contributed by atoms with Crippen LogP contribution in [0.3, 0.4) is 0 Å². The third-order valence-electron chi connectivity index (χ3n) is 2.38. The lowest BCUT2D eigenvalue weighted by atomic mass is 10.1. The highest BCUT2D eigenvalue weighted by atomic mass is 32.1. The zero-order valence-corrected chi connectivity index (χ0v) is 9.89. The van der Waals surface area contributed by atoms with E-state index in [1.807, 2.05) is 11.3 Å². The van der Waals surface area contributed by atoms with Crippen molar-refractivity contribution in [2.45, 2.75) is 20.4 Å². The van der Waals surface area contributed by atoms with Gasteiger partial charge in [-0.15, -0.1) is 11.3 Å². The molecule has 0 aliphatic carbocycles. The maximum absolute atomic E-state index is 5.62. The van der Waals surface area contributed by atoms with Crippen LogP contribution in [0.15, 0.2) is 17.5 Å². The van der Waals surface area contributed by atoms with Crippen LogP contribution in [0.4, 0.5) is 0 Å². The Morgan fingerprint density at radius 3 is 2.86 bits per heavy atom. The molecule has 0 bridgehead atoms. The summed E-state index contributed by atoms with van der Waals surface area (Å²) in [6, 6.07) is 4.31. The van der Waals surface area contributed by atoms with Gasteiger partial charge in [0.15, 0.2) is 0 Å². The molecule has 0 aliphatic rings. The molecule has 0 saturated heterocycles. The van der Waals surface area contributed by atoms with Crippen molar-refractivity contribution >= 4 is 11.3 Å². The standard InChI is InChI=1S/C11H20N2S/c1-3-13(8-10(2)7-12)9-11-5-4-6-14-11/h4-6,10H,3,7-9,12H2,1-2H3. The maximum atomic E-state index is 5.62.